The molecule has 0 unspecified atom stereocenters. The molecule has 4 rings (SSSR count). The molecule has 158 valence electrons. The van der Waals surface area contributed by atoms with Crippen LogP contribution in [0, 0.1) is 21.4 Å². The largest absolute Gasteiger partial charge is 0.384 e. The van der Waals surface area contributed by atoms with E-state index in [0.717, 1.165) is 16.2 Å². The fourth-order valence-corrected chi connectivity index (χ4v) is 5.51. The number of hydrogen-bond donors (Lipinski definition) is 1. The predicted octanol–water partition coefficient (Wildman–Crippen LogP) is 5.18. The number of nitro benzene ring substituents is 1. The van der Waals surface area contributed by atoms with E-state index in [-0.39, 0.29) is 27.9 Å². The minimum Gasteiger partial charge on any atom is -0.384 e. The first kappa shape index (κ1) is 21.1. The number of aryl methyl sites for hydroxylation is 1. The lowest BCUT2D eigenvalue weighted by Crippen LogP contribution is -2.38. The molecule has 0 radical (unpaired) electrons. The molecule has 2 heterocycles. The van der Waals surface area contributed by atoms with Crippen LogP contribution in [0.15, 0.2) is 53.0 Å². The van der Waals surface area contributed by atoms with E-state index in [0.29, 0.717) is 36.2 Å². The van der Waals surface area contributed by atoms with Gasteiger partial charge in [0.2, 0.25) is 0 Å². The molecule has 1 aromatic heterocycles. The number of Topliss-reactive ketones (excluding diaryl/α,β-unsaturated/α-hetero) is 1. The fraction of sp³-hybridized carbons (Fsp3) is 0.273. The molecular formula is C22H19ClN4O3S. The molecule has 2 aliphatic rings. The molecule has 0 amide bonds. The van der Waals surface area contributed by atoms with Crippen LogP contribution in [0.3, 0.4) is 0 Å². The Hall–Kier alpha value is -3.15. The summed E-state index contributed by atoms with van der Waals surface area (Å²) in [4.78, 5) is 27.4. The zero-order chi connectivity index (χ0) is 22.3. The highest BCUT2D eigenvalue weighted by Crippen LogP contribution is 2.48. The third-order valence-corrected chi connectivity index (χ3v) is 7.21. The normalized spacial score (nSPS) is 18.8. The third-order valence-electron chi connectivity index (χ3n) is 5.61. The van der Waals surface area contributed by atoms with Gasteiger partial charge >= 0.3 is 0 Å². The van der Waals surface area contributed by atoms with E-state index >= 15 is 0 Å². The van der Waals surface area contributed by atoms with E-state index in [1.165, 1.54) is 18.2 Å². The van der Waals surface area contributed by atoms with E-state index < -0.39 is 10.8 Å². The molecular weight excluding hydrogens is 436 g/mol. The Morgan fingerprint density at radius 1 is 1.35 bits per heavy atom. The quantitative estimate of drug-likeness (QED) is 0.503. The molecule has 2 aromatic rings. The lowest BCUT2D eigenvalue weighted by atomic mass is 9.78. The second kappa shape index (κ2) is 8.17. The molecule has 7 nitrogen and oxygen atoms in total. The van der Waals surface area contributed by atoms with Gasteiger partial charge in [0.15, 0.2) is 5.78 Å². The van der Waals surface area contributed by atoms with E-state index in [9.17, 15) is 20.2 Å². The molecule has 1 atom stereocenters. The van der Waals surface area contributed by atoms with Crippen molar-refractivity contribution < 1.29 is 9.72 Å². The van der Waals surface area contributed by atoms with Gasteiger partial charge in [-0.2, -0.15) is 5.26 Å². The van der Waals surface area contributed by atoms with Crippen LogP contribution in [0.25, 0.3) is 0 Å². The number of benzene rings is 1. The van der Waals surface area contributed by atoms with Crippen molar-refractivity contribution in [2.24, 2.45) is 5.73 Å². The van der Waals surface area contributed by atoms with Gasteiger partial charge in [0.25, 0.3) is 5.69 Å². The summed E-state index contributed by atoms with van der Waals surface area (Å²) >= 11 is 7.97. The average Bonchev–Trinajstić information content (AvgIpc) is 3.22. The van der Waals surface area contributed by atoms with Crippen LogP contribution in [0.1, 0.15) is 41.9 Å². The number of rotatable bonds is 4. The van der Waals surface area contributed by atoms with Crippen LogP contribution in [0.2, 0.25) is 5.02 Å². The van der Waals surface area contributed by atoms with Crippen molar-refractivity contribution in [1.82, 2.24) is 0 Å². The summed E-state index contributed by atoms with van der Waals surface area (Å²) in [5.74, 6) is -0.324. The van der Waals surface area contributed by atoms with Crippen molar-refractivity contribution in [3.63, 3.8) is 0 Å². The molecule has 2 N–H and O–H groups in total. The van der Waals surface area contributed by atoms with E-state index in [2.05, 4.69) is 13.0 Å². The Bertz CT molecular complexity index is 1210. The minimum absolute atomic E-state index is 0.0130. The summed E-state index contributed by atoms with van der Waals surface area (Å²) in [5.41, 5.74) is 8.33. The lowest BCUT2D eigenvalue weighted by Gasteiger charge is -2.39. The Kier molecular flexibility index (Phi) is 5.56. The molecule has 0 fully saturated rings. The summed E-state index contributed by atoms with van der Waals surface area (Å²) in [7, 11) is 0. The molecule has 0 saturated carbocycles. The monoisotopic (exact) mass is 454 g/mol. The number of thiophene rings is 1. The summed E-state index contributed by atoms with van der Waals surface area (Å²) < 4.78 is 0. The highest BCUT2D eigenvalue weighted by molar-refractivity contribution is 7.12. The van der Waals surface area contributed by atoms with Crippen LogP contribution in [0.4, 0.5) is 11.4 Å². The van der Waals surface area contributed by atoms with E-state index in [4.69, 9.17) is 17.3 Å². The fourth-order valence-electron chi connectivity index (χ4n) is 4.18. The second-order valence-corrected chi connectivity index (χ2v) is 8.97. The Morgan fingerprint density at radius 3 is 2.74 bits per heavy atom. The zero-order valence-electron chi connectivity index (χ0n) is 16.7. The van der Waals surface area contributed by atoms with Gasteiger partial charge in [0.05, 0.1) is 33.2 Å². The molecule has 1 aliphatic heterocycles. The first-order chi connectivity index (χ1) is 14.9. The van der Waals surface area contributed by atoms with Gasteiger partial charge in [-0.25, -0.2) is 0 Å². The zero-order valence-corrected chi connectivity index (χ0v) is 18.3. The first-order valence-electron chi connectivity index (χ1n) is 9.86. The van der Waals surface area contributed by atoms with Gasteiger partial charge in [-0.15, -0.1) is 11.3 Å². The number of hydrogen-bond acceptors (Lipinski definition) is 7. The van der Waals surface area contributed by atoms with E-state index in [1.54, 1.807) is 16.2 Å². The van der Waals surface area contributed by atoms with Crippen molar-refractivity contribution in [3.05, 3.63) is 77.9 Å². The van der Waals surface area contributed by atoms with E-state index in [1.807, 2.05) is 12.1 Å². The molecule has 0 spiro atoms. The summed E-state index contributed by atoms with van der Waals surface area (Å²) in [5, 5.41) is 21.2. The number of anilines is 1. The maximum absolute atomic E-state index is 13.1. The Labute approximate surface area is 188 Å². The van der Waals surface area contributed by atoms with Gasteiger partial charge in [0.1, 0.15) is 5.82 Å². The number of carbonyl (C=O) groups is 1. The second-order valence-electron chi connectivity index (χ2n) is 7.37. The molecule has 31 heavy (non-hydrogen) atoms. The predicted molar refractivity (Wildman–Crippen MR) is 120 cm³/mol. The first-order valence-corrected chi connectivity index (χ1v) is 11.1. The van der Waals surface area contributed by atoms with Gasteiger partial charge in [-0.3, -0.25) is 19.8 Å². The van der Waals surface area contributed by atoms with Gasteiger partial charge in [-0.05, 0) is 37.5 Å². The highest BCUT2D eigenvalue weighted by atomic mass is 35.5. The van der Waals surface area contributed by atoms with Crippen LogP contribution < -0.4 is 10.6 Å². The van der Waals surface area contributed by atoms with Crippen LogP contribution in [-0.4, -0.2) is 10.7 Å². The summed E-state index contributed by atoms with van der Waals surface area (Å²) in [6, 6.07) is 10.3. The van der Waals surface area contributed by atoms with Crippen molar-refractivity contribution in [2.45, 2.75) is 38.5 Å². The maximum atomic E-state index is 13.1. The van der Waals surface area contributed by atoms with Crippen LogP contribution >= 0.6 is 22.9 Å². The topological polar surface area (TPSA) is 113 Å². The van der Waals surface area contributed by atoms with Crippen molar-refractivity contribution >= 4 is 40.1 Å². The van der Waals surface area contributed by atoms with Gasteiger partial charge < -0.3 is 5.73 Å². The van der Waals surface area contributed by atoms with Crippen LogP contribution in [0.5, 0.6) is 0 Å². The highest BCUT2D eigenvalue weighted by Gasteiger charge is 2.41. The number of allylic oxidation sites excluding steroid dienone is 3. The molecule has 1 aromatic carbocycles. The molecule has 9 heteroatoms. The number of nitrogens with zero attached hydrogens (tertiary/aromatic N) is 3. The molecule has 0 saturated heterocycles. The standard InChI is InChI=1S/C22H19ClN4O3S/c1-2-13-7-9-19(31-13)20-14(11-24)22(25)26(17-4-3-5-18(28)21(17)20)16-8-6-12(27(29)30)10-15(16)23/h6-10,20H,2-5,25H2,1H3/t20-/m1/s1. The number of non-ortho nitro benzene ring substituents is 1. The number of nitriles is 1. The average molecular weight is 455 g/mol. The van der Waals surface area contributed by atoms with Crippen molar-refractivity contribution in [2.75, 3.05) is 4.90 Å². The Morgan fingerprint density at radius 2 is 2.13 bits per heavy atom. The van der Waals surface area contributed by atoms with Crippen molar-refractivity contribution in [1.29, 1.82) is 5.26 Å². The van der Waals surface area contributed by atoms with Crippen LogP contribution in [-0.2, 0) is 11.2 Å². The number of nitrogens with two attached hydrogens (primary N) is 1. The number of ketones is 1. The number of halogens is 1. The molecule has 1 aliphatic carbocycles. The van der Waals surface area contributed by atoms with Crippen molar-refractivity contribution in [3.8, 4) is 6.07 Å². The smallest absolute Gasteiger partial charge is 0.271 e. The number of carbonyl (C=O) groups excluding carboxylic acids is 1. The van der Waals surface area contributed by atoms with Gasteiger partial charge in [0, 0.05) is 39.6 Å². The lowest BCUT2D eigenvalue weighted by molar-refractivity contribution is -0.384. The van der Waals surface area contributed by atoms with Gasteiger partial charge in [-0.1, -0.05) is 18.5 Å². The maximum Gasteiger partial charge on any atom is 0.271 e. The SMILES string of the molecule is CCc1ccc([C@H]2C(C#N)=C(N)N(c3ccc([N+](=O)[O-])cc3Cl)C3=C2C(=O)CCC3)s1. The number of nitro groups is 1. The summed E-state index contributed by atoms with van der Waals surface area (Å²) in [6.07, 6.45) is 2.52. The molecule has 0 bridgehead atoms. The Balaban J connectivity index is 1.94. The summed E-state index contributed by atoms with van der Waals surface area (Å²) in [6.45, 7) is 2.06. The third kappa shape index (κ3) is 3.50. The minimum atomic E-state index is -0.529.